The van der Waals surface area contributed by atoms with Crippen molar-refractivity contribution in [2.75, 3.05) is 27.2 Å². The lowest BCUT2D eigenvalue weighted by atomic mass is 10.2. The smallest absolute Gasteiger partial charge is 0.256 e. The molecule has 1 aromatic carbocycles. The van der Waals surface area contributed by atoms with Gasteiger partial charge in [-0.1, -0.05) is 6.07 Å². The molecule has 1 N–H and O–H groups in total. The maximum Gasteiger partial charge on any atom is 0.256 e. The third kappa shape index (κ3) is 3.78. The molecule has 0 radical (unpaired) electrons. The molecule has 17 heavy (non-hydrogen) atoms. The second kappa shape index (κ2) is 6.71. The summed E-state index contributed by atoms with van der Waals surface area (Å²) in [5.74, 6) is -0.794. The summed E-state index contributed by atoms with van der Waals surface area (Å²) in [5, 5.41) is 3.00. The molecular formula is C12H16BrFN2O. The summed E-state index contributed by atoms with van der Waals surface area (Å²) >= 11 is 3.07. The fraction of sp³-hybridized carbons (Fsp3) is 0.417. The average molecular weight is 303 g/mol. The Labute approximate surface area is 109 Å². The minimum absolute atomic E-state index is 0.103. The van der Waals surface area contributed by atoms with Gasteiger partial charge in [-0.05, 0) is 48.1 Å². The van der Waals surface area contributed by atoms with Crippen LogP contribution in [0.2, 0.25) is 0 Å². The molecule has 0 atom stereocenters. The number of carbonyl (C=O) groups is 1. The van der Waals surface area contributed by atoms with Gasteiger partial charge < -0.3 is 10.2 Å². The number of nitrogens with one attached hydrogen (secondary N) is 1. The normalized spacial score (nSPS) is 10.4. The largest absolute Gasteiger partial charge is 0.342 e. The van der Waals surface area contributed by atoms with E-state index in [0.717, 1.165) is 13.0 Å². The standard InChI is InChI=1S/C12H16BrFN2O/c1-15-7-4-8-16(2)12(17)9-5-3-6-10(13)11(9)14/h3,5-6,15H,4,7-8H2,1-2H3. The van der Waals surface area contributed by atoms with Gasteiger partial charge >= 0.3 is 0 Å². The van der Waals surface area contributed by atoms with Gasteiger partial charge in [0.15, 0.2) is 0 Å². The van der Waals surface area contributed by atoms with Crippen LogP contribution in [0, 0.1) is 5.82 Å². The van der Waals surface area contributed by atoms with E-state index in [1.807, 2.05) is 7.05 Å². The number of hydrogen-bond acceptors (Lipinski definition) is 2. The highest BCUT2D eigenvalue weighted by molar-refractivity contribution is 9.10. The molecule has 0 aliphatic carbocycles. The summed E-state index contributed by atoms with van der Waals surface area (Å²) in [6, 6.07) is 4.73. The fourth-order valence-corrected chi connectivity index (χ4v) is 1.84. The minimum atomic E-state index is -0.502. The van der Waals surface area contributed by atoms with Crippen molar-refractivity contribution >= 4 is 21.8 Å². The van der Waals surface area contributed by atoms with E-state index in [4.69, 9.17) is 0 Å². The Morgan fingerprint density at radius 1 is 1.53 bits per heavy atom. The molecule has 0 heterocycles. The van der Waals surface area contributed by atoms with Crippen molar-refractivity contribution in [3.8, 4) is 0 Å². The first kappa shape index (κ1) is 14.1. The molecule has 5 heteroatoms. The zero-order valence-electron chi connectivity index (χ0n) is 9.96. The summed E-state index contributed by atoms with van der Waals surface area (Å²) < 4.78 is 14.0. The van der Waals surface area contributed by atoms with Gasteiger partial charge in [0, 0.05) is 13.6 Å². The lowest BCUT2D eigenvalue weighted by molar-refractivity contribution is 0.0789. The predicted octanol–water partition coefficient (Wildman–Crippen LogP) is 2.27. The maximum absolute atomic E-state index is 13.7. The first-order valence-corrected chi connectivity index (χ1v) is 6.21. The molecule has 1 amide bonds. The van der Waals surface area contributed by atoms with Gasteiger partial charge in [-0.3, -0.25) is 4.79 Å². The molecule has 0 spiro atoms. The van der Waals surface area contributed by atoms with Gasteiger partial charge in [-0.25, -0.2) is 4.39 Å². The SMILES string of the molecule is CNCCCN(C)C(=O)c1cccc(Br)c1F. The lowest BCUT2D eigenvalue weighted by Gasteiger charge is -2.17. The van der Waals surface area contributed by atoms with Gasteiger partial charge in [-0.2, -0.15) is 0 Å². The molecule has 0 unspecified atom stereocenters. The van der Waals surface area contributed by atoms with Crippen LogP contribution in [0.1, 0.15) is 16.8 Å². The molecule has 3 nitrogen and oxygen atoms in total. The second-order valence-electron chi connectivity index (χ2n) is 3.79. The van der Waals surface area contributed by atoms with E-state index in [9.17, 15) is 9.18 Å². The van der Waals surface area contributed by atoms with Gasteiger partial charge in [0.25, 0.3) is 5.91 Å². The lowest BCUT2D eigenvalue weighted by Crippen LogP contribution is -2.30. The highest BCUT2D eigenvalue weighted by Crippen LogP contribution is 2.19. The van der Waals surface area contributed by atoms with Crippen LogP contribution in [0.3, 0.4) is 0 Å². The number of hydrogen-bond donors (Lipinski definition) is 1. The van der Waals surface area contributed by atoms with Gasteiger partial charge in [0.1, 0.15) is 5.82 Å². The molecule has 0 saturated heterocycles. The number of benzene rings is 1. The average Bonchev–Trinajstić information content (AvgIpc) is 2.32. The van der Waals surface area contributed by atoms with Crippen molar-refractivity contribution in [3.05, 3.63) is 34.1 Å². The molecule has 0 fully saturated rings. The van der Waals surface area contributed by atoms with Crippen LogP contribution in [0.15, 0.2) is 22.7 Å². The molecule has 0 aromatic heterocycles. The van der Waals surface area contributed by atoms with E-state index >= 15 is 0 Å². The number of rotatable bonds is 5. The van der Waals surface area contributed by atoms with Gasteiger partial charge in [0.2, 0.25) is 0 Å². The number of nitrogens with zero attached hydrogens (tertiary/aromatic N) is 1. The third-order valence-corrected chi connectivity index (χ3v) is 3.06. The maximum atomic E-state index is 13.7. The van der Waals surface area contributed by atoms with Crippen LogP contribution in [0.4, 0.5) is 4.39 Å². The predicted molar refractivity (Wildman–Crippen MR) is 69.6 cm³/mol. The molecular weight excluding hydrogens is 287 g/mol. The van der Waals surface area contributed by atoms with E-state index in [0.29, 0.717) is 11.0 Å². The molecule has 0 saturated carbocycles. The summed E-state index contributed by atoms with van der Waals surface area (Å²) in [4.78, 5) is 13.5. The molecule has 0 aliphatic rings. The van der Waals surface area contributed by atoms with Crippen molar-refractivity contribution in [2.45, 2.75) is 6.42 Å². The van der Waals surface area contributed by atoms with Gasteiger partial charge in [0.05, 0.1) is 10.0 Å². The van der Waals surface area contributed by atoms with Crippen LogP contribution in [0.5, 0.6) is 0 Å². The van der Waals surface area contributed by atoms with Crippen molar-refractivity contribution in [1.29, 1.82) is 0 Å². The molecule has 1 aromatic rings. The Morgan fingerprint density at radius 2 is 2.24 bits per heavy atom. The topological polar surface area (TPSA) is 32.3 Å². The Hall–Kier alpha value is -0.940. The van der Waals surface area contributed by atoms with Crippen molar-refractivity contribution in [1.82, 2.24) is 10.2 Å². The van der Waals surface area contributed by atoms with E-state index in [1.165, 1.54) is 11.0 Å². The Balaban J connectivity index is 2.71. The van der Waals surface area contributed by atoms with E-state index < -0.39 is 5.82 Å². The highest BCUT2D eigenvalue weighted by atomic mass is 79.9. The van der Waals surface area contributed by atoms with Crippen molar-refractivity contribution < 1.29 is 9.18 Å². The highest BCUT2D eigenvalue weighted by Gasteiger charge is 2.17. The molecule has 94 valence electrons. The number of carbonyl (C=O) groups excluding carboxylic acids is 1. The van der Waals surface area contributed by atoms with Crippen LogP contribution in [-0.4, -0.2) is 38.0 Å². The van der Waals surface area contributed by atoms with E-state index in [1.54, 1.807) is 19.2 Å². The third-order valence-electron chi connectivity index (χ3n) is 2.45. The molecule has 0 aliphatic heterocycles. The van der Waals surface area contributed by atoms with E-state index in [2.05, 4.69) is 21.2 Å². The van der Waals surface area contributed by atoms with Crippen molar-refractivity contribution in [3.63, 3.8) is 0 Å². The summed E-state index contributed by atoms with van der Waals surface area (Å²) in [7, 11) is 3.54. The number of halogens is 2. The first-order chi connectivity index (χ1) is 8.07. The quantitative estimate of drug-likeness (QED) is 0.846. The molecule has 1 rings (SSSR count). The van der Waals surface area contributed by atoms with Gasteiger partial charge in [-0.15, -0.1) is 0 Å². The minimum Gasteiger partial charge on any atom is -0.342 e. The van der Waals surface area contributed by atoms with Crippen LogP contribution >= 0.6 is 15.9 Å². The monoisotopic (exact) mass is 302 g/mol. The van der Waals surface area contributed by atoms with Crippen LogP contribution in [-0.2, 0) is 0 Å². The second-order valence-corrected chi connectivity index (χ2v) is 4.64. The first-order valence-electron chi connectivity index (χ1n) is 5.42. The zero-order chi connectivity index (χ0) is 12.8. The van der Waals surface area contributed by atoms with Crippen LogP contribution in [0.25, 0.3) is 0 Å². The summed E-state index contributed by atoms with van der Waals surface area (Å²) in [5.41, 5.74) is 0.103. The number of amides is 1. The van der Waals surface area contributed by atoms with Crippen LogP contribution < -0.4 is 5.32 Å². The zero-order valence-corrected chi connectivity index (χ0v) is 11.6. The molecule has 0 bridgehead atoms. The Bertz CT molecular complexity index is 398. The van der Waals surface area contributed by atoms with Crippen molar-refractivity contribution in [2.24, 2.45) is 0 Å². The van der Waals surface area contributed by atoms with E-state index in [-0.39, 0.29) is 11.5 Å². The Kier molecular flexibility index (Phi) is 5.58. The summed E-state index contributed by atoms with van der Waals surface area (Å²) in [6.07, 6.45) is 0.842. The summed E-state index contributed by atoms with van der Waals surface area (Å²) in [6.45, 7) is 1.43. The Morgan fingerprint density at radius 3 is 2.88 bits per heavy atom. The fourth-order valence-electron chi connectivity index (χ4n) is 1.47.